The van der Waals surface area contributed by atoms with Crippen molar-refractivity contribution in [3.63, 3.8) is 0 Å². The zero-order chi connectivity index (χ0) is 14.7. The summed E-state index contributed by atoms with van der Waals surface area (Å²) >= 11 is 0. The van der Waals surface area contributed by atoms with Gasteiger partial charge in [0.1, 0.15) is 6.54 Å². The molecule has 1 saturated heterocycles. The number of rotatable bonds is 4. The molecule has 1 aromatic rings. The van der Waals surface area contributed by atoms with Crippen molar-refractivity contribution in [2.45, 2.75) is 26.4 Å². The highest BCUT2D eigenvalue weighted by atomic mass is 16.4. The maximum Gasteiger partial charge on any atom is 0.325 e. The van der Waals surface area contributed by atoms with Gasteiger partial charge in [0.15, 0.2) is 5.69 Å². The number of piperazine rings is 1. The predicted molar refractivity (Wildman–Crippen MR) is 70.3 cm³/mol. The first kappa shape index (κ1) is 14.4. The molecule has 1 N–H and O–H groups in total. The first-order chi connectivity index (χ1) is 9.51. The molecule has 1 aliphatic rings. The number of likely N-dealkylation sites (N-methyl/N-ethyl adjacent to an activating group) is 1. The number of aromatic nitrogens is 3. The Morgan fingerprint density at radius 3 is 2.80 bits per heavy atom. The summed E-state index contributed by atoms with van der Waals surface area (Å²) in [6.45, 7) is 7.02. The maximum atomic E-state index is 12.3. The molecule has 0 bridgehead atoms. The molecule has 1 fully saturated rings. The van der Waals surface area contributed by atoms with Crippen LogP contribution in [0.1, 0.15) is 24.3 Å². The average Bonchev–Trinajstić information content (AvgIpc) is 2.85. The molecule has 1 aromatic heterocycles. The van der Waals surface area contributed by atoms with E-state index in [1.54, 1.807) is 4.90 Å². The van der Waals surface area contributed by atoms with E-state index in [4.69, 9.17) is 5.11 Å². The number of hydrogen-bond donors (Lipinski definition) is 1. The van der Waals surface area contributed by atoms with Gasteiger partial charge in [0, 0.05) is 25.7 Å². The van der Waals surface area contributed by atoms with E-state index in [1.165, 1.54) is 6.20 Å². The van der Waals surface area contributed by atoms with Crippen LogP contribution in [0.15, 0.2) is 6.20 Å². The topological polar surface area (TPSA) is 91.6 Å². The summed E-state index contributed by atoms with van der Waals surface area (Å²) in [6.07, 6.45) is 1.38. The van der Waals surface area contributed by atoms with Crippen molar-refractivity contribution in [2.75, 3.05) is 26.2 Å². The standard InChI is InChI=1S/C12H19N5O3/c1-3-15-4-5-16(6-9(15)2)12(20)10-7-17(14-13-10)8-11(18)19/h7,9H,3-6,8H2,1-2H3,(H,18,19). The molecule has 8 nitrogen and oxygen atoms in total. The van der Waals surface area contributed by atoms with Gasteiger partial charge in [-0.05, 0) is 13.5 Å². The number of carboxylic acid groups (broad SMARTS) is 1. The number of amides is 1. The third-order valence-corrected chi connectivity index (χ3v) is 3.51. The van der Waals surface area contributed by atoms with Gasteiger partial charge in [0.2, 0.25) is 0 Å². The predicted octanol–water partition coefficient (Wildman–Crippen LogP) is -0.471. The normalized spacial score (nSPS) is 20.1. The molecule has 0 spiro atoms. The number of carbonyl (C=O) groups excluding carboxylic acids is 1. The molecule has 1 unspecified atom stereocenters. The Morgan fingerprint density at radius 2 is 2.20 bits per heavy atom. The number of carboxylic acids is 1. The lowest BCUT2D eigenvalue weighted by atomic mass is 10.2. The second kappa shape index (κ2) is 6.00. The van der Waals surface area contributed by atoms with Crippen LogP contribution >= 0.6 is 0 Å². The number of nitrogens with zero attached hydrogens (tertiary/aromatic N) is 5. The van der Waals surface area contributed by atoms with Gasteiger partial charge in [-0.1, -0.05) is 12.1 Å². The smallest absolute Gasteiger partial charge is 0.325 e. The average molecular weight is 281 g/mol. The van der Waals surface area contributed by atoms with Crippen LogP contribution in [0.3, 0.4) is 0 Å². The first-order valence-electron chi connectivity index (χ1n) is 6.66. The summed E-state index contributed by atoms with van der Waals surface area (Å²) in [6, 6.07) is 0.312. The van der Waals surface area contributed by atoms with Crippen molar-refractivity contribution < 1.29 is 14.7 Å². The Bertz CT molecular complexity index is 501. The van der Waals surface area contributed by atoms with Crippen LogP contribution < -0.4 is 0 Å². The fraction of sp³-hybridized carbons (Fsp3) is 0.667. The lowest BCUT2D eigenvalue weighted by Crippen LogP contribution is -2.53. The second-order valence-electron chi connectivity index (χ2n) is 4.92. The zero-order valence-corrected chi connectivity index (χ0v) is 11.7. The minimum absolute atomic E-state index is 0.191. The molecule has 2 heterocycles. The van der Waals surface area contributed by atoms with E-state index in [0.717, 1.165) is 17.8 Å². The summed E-state index contributed by atoms with van der Waals surface area (Å²) in [4.78, 5) is 26.9. The molecule has 0 aromatic carbocycles. The van der Waals surface area contributed by atoms with Gasteiger partial charge in [-0.2, -0.15) is 0 Å². The molecular formula is C12H19N5O3. The van der Waals surface area contributed by atoms with Gasteiger partial charge in [-0.3, -0.25) is 14.5 Å². The molecule has 1 atom stereocenters. The van der Waals surface area contributed by atoms with E-state index in [9.17, 15) is 9.59 Å². The fourth-order valence-corrected chi connectivity index (χ4v) is 2.42. The Balaban J connectivity index is 2.01. The summed E-state index contributed by atoms with van der Waals surface area (Å²) in [5.74, 6) is -1.21. The lowest BCUT2D eigenvalue weighted by molar-refractivity contribution is -0.137. The molecular weight excluding hydrogens is 262 g/mol. The summed E-state index contributed by atoms with van der Waals surface area (Å²) < 4.78 is 1.15. The maximum absolute atomic E-state index is 12.3. The van der Waals surface area contributed by atoms with Crippen LogP contribution in [0.25, 0.3) is 0 Å². The van der Waals surface area contributed by atoms with E-state index >= 15 is 0 Å². The monoisotopic (exact) mass is 281 g/mol. The lowest BCUT2D eigenvalue weighted by Gasteiger charge is -2.38. The molecule has 0 radical (unpaired) electrons. The van der Waals surface area contributed by atoms with Crippen molar-refractivity contribution in [3.8, 4) is 0 Å². The number of hydrogen-bond acceptors (Lipinski definition) is 5. The van der Waals surface area contributed by atoms with Crippen molar-refractivity contribution in [1.29, 1.82) is 0 Å². The minimum atomic E-state index is -1.01. The van der Waals surface area contributed by atoms with Crippen molar-refractivity contribution in [1.82, 2.24) is 24.8 Å². The third kappa shape index (κ3) is 3.13. The van der Waals surface area contributed by atoms with Crippen LogP contribution in [-0.2, 0) is 11.3 Å². The van der Waals surface area contributed by atoms with Crippen molar-refractivity contribution in [3.05, 3.63) is 11.9 Å². The molecule has 20 heavy (non-hydrogen) atoms. The SMILES string of the molecule is CCN1CCN(C(=O)c2cn(CC(=O)O)nn2)CC1C. The van der Waals surface area contributed by atoms with Crippen molar-refractivity contribution in [2.24, 2.45) is 0 Å². The molecule has 8 heteroatoms. The Kier molecular flexibility index (Phi) is 4.33. The van der Waals surface area contributed by atoms with E-state index in [2.05, 4.69) is 29.1 Å². The second-order valence-corrected chi connectivity index (χ2v) is 4.92. The molecule has 1 amide bonds. The highest BCUT2D eigenvalue weighted by molar-refractivity contribution is 5.92. The van der Waals surface area contributed by atoms with Gasteiger partial charge in [0.25, 0.3) is 5.91 Å². The number of carbonyl (C=O) groups is 2. The summed E-state index contributed by atoms with van der Waals surface area (Å²) in [5, 5.41) is 16.1. The molecule has 0 saturated carbocycles. The third-order valence-electron chi connectivity index (χ3n) is 3.51. The van der Waals surface area contributed by atoms with Gasteiger partial charge < -0.3 is 10.0 Å². The highest BCUT2D eigenvalue weighted by Crippen LogP contribution is 2.11. The van der Waals surface area contributed by atoms with Crippen LogP contribution in [0, 0.1) is 0 Å². The highest BCUT2D eigenvalue weighted by Gasteiger charge is 2.27. The first-order valence-corrected chi connectivity index (χ1v) is 6.66. The largest absolute Gasteiger partial charge is 0.480 e. The fourth-order valence-electron chi connectivity index (χ4n) is 2.42. The van der Waals surface area contributed by atoms with Crippen molar-refractivity contribution >= 4 is 11.9 Å². The molecule has 0 aliphatic carbocycles. The Hall–Kier alpha value is -1.96. The van der Waals surface area contributed by atoms with Gasteiger partial charge in [-0.25, -0.2) is 4.68 Å². The van der Waals surface area contributed by atoms with E-state index in [0.29, 0.717) is 19.1 Å². The molecule has 1 aliphatic heterocycles. The Labute approximate surface area is 117 Å². The van der Waals surface area contributed by atoms with Crippen LogP contribution in [0.5, 0.6) is 0 Å². The Morgan fingerprint density at radius 1 is 1.45 bits per heavy atom. The summed E-state index contributed by atoms with van der Waals surface area (Å²) in [5.41, 5.74) is 0.198. The van der Waals surface area contributed by atoms with Gasteiger partial charge in [-0.15, -0.1) is 5.10 Å². The molecule has 110 valence electrons. The van der Waals surface area contributed by atoms with Crippen LogP contribution in [0.4, 0.5) is 0 Å². The zero-order valence-electron chi connectivity index (χ0n) is 11.7. The van der Waals surface area contributed by atoms with Crippen LogP contribution in [0.2, 0.25) is 0 Å². The van der Waals surface area contributed by atoms with Gasteiger partial charge >= 0.3 is 5.97 Å². The molecule has 2 rings (SSSR count). The quantitative estimate of drug-likeness (QED) is 0.802. The van der Waals surface area contributed by atoms with E-state index in [1.807, 2.05) is 0 Å². The van der Waals surface area contributed by atoms with E-state index < -0.39 is 5.97 Å². The van der Waals surface area contributed by atoms with Crippen LogP contribution in [-0.4, -0.2) is 74.0 Å². The van der Waals surface area contributed by atoms with Gasteiger partial charge in [0.05, 0.1) is 6.20 Å². The summed E-state index contributed by atoms with van der Waals surface area (Å²) in [7, 11) is 0. The number of aliphatic carboxylic acids is 1. The van der Waals surface area contributed by atoms with E-state index in [-0.39, 0.29) is 18.1 Å². The minimum Gasteiger partial charge on any atom is -0.480 e.